The minimum absolute atomic E-state index is 0.0429. The van der Waals surface area contributed by atoms with Gasteiger partial charge in [-0.2, -0.15) is 0 Å². The van der Waals surface area contributed by atoms with Crippen molar-refractivity contribution >= 4 is 17.4 Å². The molecular formula is C16H16F3N5O2. The highest BCUT2D eigenvalue weighted by molar-refractivity contribution is 6.02. The van der Waals surface area contributed by atoms with E-state index in [4.69, 9.17) is 10.2 Å². The van der Waals surface area contributed by atoms with Gasteiger partial charge in [0.1, 0.15) is 24.2 Å². The maximum absolute atomic E-state index is 14.3. The van der Waals surface area contributed by atoms with E-state index in [1.54, 1.807) is 6.92 Å². The van der Waals surface area contributed by atoms with Crippen molar-refractivity contribution in [3.05, 3.63) is 47.4 Å². The van der Waals surface area contributed by atoms with Crippen LogP contribution in [-0.4, -0.2) is 28.1 Å². The van der Waals surface area contributed by atoms with Crippen molar-refractivity contribution in [1.29, 1.82) is 0 Å². The van der Waals surface area contributed by atoms with E-state index >= 15 is 0 Å². The Bertz CT molecular complexity index is 852. The summed E-state index contributed by atoms with van der Waals surface area (Å²) in [4.78, 5) is 20.0. The summed E-state index contributed by atoms with van der Waals surface area (Å²) >= 11 is 0. The minimum Gasteiger partial charge on any atom is -0.448 e. The van der Waals surface area contributed by atoms with Gasteiger partial charge in [-0.3, -0.25) is 9.79 Å². The lowest BCUT2D eigenvalue weighted by Gasteiger charge is -2.28. The van der Waals surface area contributed by atoms with Gasteiger partial charge >= 0.3 is 0 Å². The van der Waals surface area contributed by atoms with Crippen LogP contribution in [0, 0.1) is 12.7 Å². The number of hydrogen-bond acceptors (Lipinski definition) is 6. The van der Waals surface area contributed by atoms with E-state index in [1.165, 1.54) is 18.4 Å². The Kier molecular flexibility index (Phi) is 4.94. The number of carbonyl (C=O) groups is 1. The van der Waals surface area contributed by atoms with Crippen LogP contribution in [0.2, 0.25) is 0 Å². The fraction of sp³-hybridized carbons (Fsp3) is 0.312. The molecule has 3 N–H and O–H groups in total. The van der Waals surface area contributed by atoms with Gasteiger partial charge < -0.3 is 15.5 Å². The molecule has 1 aliphatic rings. The molecule has 3 rings (SSSR count). The number of amidine groups is 1. The number of nitrogens with two attached hydrogens (primary N) is 1. The summed E-state index contributed by atoms with van der Waals surface area (Å²) < 4.78 is 45.6. The molecule has 1 aliphatic heterocycles. The summed E-state index contributed by atoms with van der Waals surface area (Å²) in [6.07, 6.45) is 1.43. The van der Waals surface area contributed by atoms with Crippen LogP contribution in [0.5, 0.6) is 0 Å². The number of aromatic nitrogens is 1. The number of halogens is 3. The zero-order chi connectivity index (χ0) is 18.8. The Hall–Kier alpha value is -2.88. The second kappa shape index (κ2) is 7.16. The van der Waals surface area contributed by atoms with E-state index in [2.05, 4.69) is 15.3 Å². The van der Waals surface area contributed by atoms with Crippen LogP contribution in [0.3, 0.4) is 0 Å². The van der Waals surface area contributed by atoms with Gasteiger partial charge in [-0.15, -0.1) is 8.96 Å². The number of carbonyl (C=O) groups excluding carboxylic acids is 1. The van der Waals surface area contributed by atoms with Crippen LogP contribution in [0.4, 0.5) is 19.0 Å². The Labute approximate surface area is 146 Å². The first kappa shape index (κ1) is 17.9. The summed E-state index contributed by atoms with van der Waals surface area (Å²) in [5.74, 6) is -0.786. The standard InChI is InChI=1S/C16H16F3N5O2/c1-8-21-12(7-26-8)16(25)22-9-2-3-11(17)10(6-9)15-13(24(18)19)4-5-14(20)23-15/h2-3,6-7,13,15H,4-5H2,1H3,(H2,20,23)(H,22,25). The van der Waals surface area contributed by atoms with Gasteiger partial charge in [0.2, 0.25) is 0 Å². The molecule has 1 amide bonds. The highest BCUT2D eigenvalue weighted by Crippen LogP contribution is 2.34. The molecule has 0 saturated heterocycles. The number of amides is 1. The van der Waals surface area contributed by atoms with E-state index < -0.39 is 29.2 Å². The molecule has 0 fully saturated rings. The molecule has 2 atom stereocenters. The number of nitrogens with one attached hydrogen (secondary N) is 1. The fourth-order valence-corrected chi connectivity index (χ4v) is 2.78. The van der Waals surface area contributed by atoms with Gasteiger partial charge in [0.05, 0.1) is 5.84 Å². The van der Waals surface area contributed by atoms with Crippen LogP contribution in [0.1, 0.15) is 40.8 Å². The Morgan fingerprint density at radius 3 is 2.85 bits per heavy atom. The molecule has 10 heteroatoms. The average Bonchev–Trinajstić information content (AvgIpc) is 3.03. The van der Waals surface area contributed by atoms with Gasteiger partial charge in [0.25, 0.3) is 5.91 Å². The van der Waals surface area contributed by atoms with Crippen molar-refractivity contribution in [2.24, 2.45) is 10.7 Å². The minimum atomic E-state index is -1.30. The van der Waals surface area contributed by atoms with E-state index in [9.17, 15) is 18.1 Å². The largest absolute Gasteiger partial charge is 0.448 e. The predicted molar refractivity (Wildman–Crippen MR) is 87.0 cm³/mol. The molecule has 2 heterocycles. The molecule has 2 unspecified atom stereocenters. The number of oxazole rings is 1. The Morgan fingerprint density at radius 1 is 1.42 bits per heavy atom. The molecule has 1 aromatic carbocycles. The number of hydrogen-bond donors (Lipinski definition) is 2. The Morgan fingerprint density at radius 2 is 2.19 bits per heavy atom. The molecule has 2 aromatic rings. The maximum Gasteiger partial charge on any atom is 0.277 e. The molecule has 26 heavy (non-hydrogen) atoms. The average molecular weight is 367 g/mol. The third-order valence-corrected chi connectivity index (χ3v) is 4.04. The monoisotopic (exact) mass is 367 g/mol. The number of aliphatic imine (C=N–C) groups is 1. The first-order valence-electron chi connectivity index (χ1n) is 7.81. The van der Waals surface area contributed by atoms with Crippen molar-refractivity contribution < 1.29 is 22.6 Å². The van der Waals surface area contributed by atoms with Crippen molar-refractivity contribution in [3.63, 3.8) is 0 Å². The molecule has 1 aromatic heterocycles. The number of anilines is 1. The molecule has 7 nitrogen and oxygen atoms in total. The van der Waals surface area contributed by atoms with Gasteiger partial charge in [0.15, 0.2) is 11.6 Å². The second-order valence-corrected chi connectivity index (χ2v) is 5.87. The lowest BCUT2D eigenvalue weighted by molar-refractivity contribution is -0.195. The number of benzene rings is 1. The van der Waals surface area contributed by atoms with Crippen LogP contribution in [0.15, 0.2) is 33.9 Å². The first-order chi connectivity index (χ1) is 12.3. The highest BCUT2D eigenvalue weighted by Gasteiger charge is 2.34. The van der Waals surface area contributed by atoms with Crippen molar-refractivity contribution in [2.45, 2.75) is 31.8 Å². The normalized spacial score (nSPS) is 20.1. The van der Waals surface area contributed by atoms with E-state index in [0.717, 1.165) is 6.07 Å². The third kappa shape index (κ3) is 3.69. The summed E-state index contributed by atoms with van der Waals surface area (Å²) in [6, 6.07) is 1.18. The van der Waals surface area contributed by atoms with Crippen molar-refractivity contribution in [2.75, 3.05) is 5.32 Å². The highest BCUT2D eigenvalue weighted by atomic mass is 19.4. The first-order valence-corrected chi connectivity index (χ1v) is 7.81. The quantitative estimate of drug-likeness (QED) is 0.810. The number of nitrogens with zero attached hydrogens (tertiary/aromatic N) is 3. The van der Waals surface area contributed by atoms with Crippen molar-refractivity contribution in [3.8, 4) is 0 Å². The second-order valence-electron chi connectivity index (χ2n) is 5.87. The maximum atomic E-state index is 14.3. The van der Waals surface area contributed by atoms with Crippen LogP contribution in [-0.2, 0) is 0 Å². The molecule has 0 radical (unpaired) electrons. The van der Waals surface area contributed by atoms with Crippen molar-refractivity contribution in [1.82, 2.24) is 10.3 Å². The lowest BCUT2D eigenvalue weighted by Crippen LogP contribution is -2.35. The molecule has 0 bridgehead atoms. The van der Waals surface area contributed by atoms with Gasteiger partial charge in [-0.1, -0.05) is 0 Å². The van der Waals surface area contributed by atoms with Gasteiger partial charge in [-0.25, -0.2) is 9.37 Å². The smallest absolute Gasteiger partial charge is 0.277 e. The molecule has 0 aliphatic carbocycles. The topological polar surface area (TPSA) is 96.8 Å². The SMILES string of the molecule is Cc1nc(C(=O)Nc2ccc(F)c(C3N=C(N)CCC3N(F)F)c2)co1. The van der Waals surface area contributed by atoms with E-state index in [0.29, 0.717) is 5.89 Å². The molecule has 0 spiro atoms. The summed E-state index contributed by atoms with van der Waals surface area (Å²) in [7, 11) is 0. The van der Waals surface area contributed by atoms with Gasteiger partial charge in [0, 0.05) is 29.9 Å². The number of rotatable bonds is 4. The van der Waals surface area contributed by atoms with E-state index in [-0.39, 0.29) is 35.6 Å². The lowest BCUT2D eigenvalue weighted by atomic mass is 9.93. The molecule has 0 saturated carbocycles. The molecule has 138 valence electrons. The summed E-state index contributed by atoms with van der Waals surface area (Å²) in [5, 5.41) is 1.54. The van der Waals surface area contributed by atoms with Crippen LogP contribution < -0.4 is 11.1 Å². The Balaban J connectivity index is 1.89. The van der Waals surface area contributed by atoms with Gasteiger partial charge in [-0.05, 0) is 24.6 Å². The summed E-state index contributed by atoms with van der Waals surface area (Å²) in [5.41, 5.74) is 5.83. The zero-order valence-corrected chi connectivity index (χ0v) is 13.7. The zero-order valence-electron chi connectivity index (χ0n) is 13.7. The third-order valence-electron chi connectivity index (χ3n) is 4.04. The predicted octanol–water partition coefficient (Wildman–Crippen LogP) is 3.01. The van der Waals surface area contributed by atoms with E-state index in [1.807, 2.05) is 0 Å². The molecular weight excluding hydrogens is 351 g/mol. The fourth-order valence-electron chi connectivity index (χ4n) is 2.78. The van der Waals surface area contributed by atoms with Crippen LogP contribution >= 0.6 is 0 Å². The summed E-state index contributed by atoms with van der Waals surface area (Å²) in [6.45, 7) is 1.58. The number of aryl methyl sites for hydroxylation is 1. The van der Waals surface area contributed by atoms with Crippen LogP contribution in [0.25, 0.3) is 0 Å².